The summed E-state index contributed by atoms with van der Waals surface area (Å²) in [5.74, 6) is 3.02. The fourth-order valence-corrected chi connectivity index (χ4v) is 5.17. The summed E-state index contributed by atoms with van der Waals surface area (Å²) in [6.07, 6.45) is 2.65. The molecule has 0 saturated heterocycles. The number of ether oxygens (including phenoxy) is 5. The number of benzene rings is 2. The van der Waals surface area contributed by atoms with Gasteiger partial charge >= 0.3 is 0 Å². The Balaban J connectivity index is 1.42. The SMILES string of the molecule is COc1cc(OC)c(OC)cc1/C=C1\Oc2c(cc3c(c2C)OCN(CCc2cccs2)C3)C1=O. The molecule has 1 aromatic heterocycles. The number of rotatable bonds is 7. The third kappa shape index (κ3) is 4.35. The van der Waals surface area contributed by atoms with Crippen molar-refractivity contribution in [3.63, 3.8) is 0 Å². The molecule has 5 rings (SSSR count). The number of carbonyl (C=O) groups is 1. The highest BCUT2D eigenvalue weighted by atomic mass is 32.1. The Morgan fingerprint density at radius 2 is 1.83 bits per heavy atom. The average Bonchev–Trinajstić information content (AvgIpc) is 3.51. The molecular formula is C27H27NO6S. The zero-order valence-corrected chi connectivity index (χ0v) is 21.0. The van der Waals surface area contributed by atoms with Gasteiger partial charge < -0.3 is 23.7 Å². The van der Waals surface area contributed by atoms with Crippen molar-refractivity contribution >= 4 is 23.2 Å². The van der Waals surface area contributed by atoms with Crippen LogP contribution in [0.25, 0.3) is 6.08 Å². The van der Waals surface area contributed by atoms with Crippen LogP contribution in [0.15, 0.2) is 41.5 Å². The Hall–Kier alpha value is -3.49. The largest absolute Gasteiger partial charge is 0.496 e. The molecule has 2 aliphatic rings. The Morgan fingerprint density at radius 1 is 1.06 bits per heavy atom. The third-order valence-electron chi connectivity index (χ3n) is 6.28. The van der Waals surface area contributed by atoms with Gasteiger partial charge in [-0.15, -0.1) is 11.3 Å². The van der Waals surface area contributed by atoms with Crippen LogP contribution in [0.2, 0.25) is 0 Å². The summed E-state index contributed by atoms with van der Waals surface area (Å²) in [7, 11) is 4.69. The van der Waals surface area contributed by atoms with Gasteiger partial charge in [-0.1, -0.05) is 6.07 Å². The molecule has 2 aromatic carbocycles. The van der Waals surface area contributed by atoms with E-state index in [1.54, 1.807) is 50.9 Å². The first-order chi connectivity index (χ1) is 17.0. The number of ketones is 1. The van der Waals surface area contributed by atoms with Crippen LogP contribution in [0.1, 0.15) is 31.9 Å². The van der Waals surface area contributed by atoms with E-state index in [1.165, 1.54) is 4.88 Å². The first kappa shape index (κ1) is 23.3. The third-order valence-corrected chi connectivity index (χ3v) is 7.22. The average molecular weight is 494 g/mol. The highest BCUT2D eigenvalue weighted by molar-refractivity contribution is 7.09. The molecule has 7 nitrogen and oxygen atoms in total. The monoisotopic (exact) mass is 493 g/mol. The molecule has 3 heterocycles. The molecular weight excluding hydrogens is 466 g/mol. The molecule has 2 aliphatic heterocycles. The van der Waals surface area contributed by atoms with E-state index in [-0.39, 0.29) is 11.5 Å². The summed E-state index contributed by atoms with van der Waals surface area (Å²) in [5, 5.41) is 2.10. The molecule has 0 unspecified atom stereocenters. The van der Waals surface area contributed by atoms with Crippen LogP contribution < -0.4 is 23.7 Å². The van der Waals surface area contributed by atoms with Crippen molar-refractivity contribution in [1.82, 2.24) is 4.90 Å². The number of nitrogens with zero attached hydrogens (tertiary/aromatic N) is 1. The molecule has 182 valence electrons. The summed E-state index contributed by atoms with van der Waals surface area (Å²) >= 11 is 1.77. The van der Waals surface area contributed by atoms with Gasteiger partial charge in [0.15, 0.2) is 17.3 Å². The number of carbonyl (C=O) groups excluding carboxylic acids is 1. The van der Waals surface area contributed by atoms with Crippen LogP contribution >= 0.6 is 11.3 Å². The van der Waals surface area contributed by atoms with Crippen molar-refractivity contribution in [2.45, 2.75) is 19.9 Å². The van der Waals surface area contributed by atoms with Gasteiger partial charge in [0.1, 0.15) is 24.0 Å². The summed E-state index contributed by atoms with van der Waals surface area (Å²) < 4.78 is 28.4. The Kier molecular flexibility index (Phi) is 6.40. The van der Waals surface area contributed by atoms with Gasteiger partial charge in [0.25, 0.3) is 0 Å². The van der Waals surface area contributed by atoms with E-state index in [0.717, 1.165) is 36.4 Å². The van der Waals surface area contributed by atoms with Crippen molar-refractivity contribution < 1.29 is 28.5 Å². The quantitative estimate of drug-likeness (QED) is 0.425. The van der Waals surface area contributed by atoms with E-state index < -0.39 is 0 Å². The number of Topliss-reactive ketones (excluding diaryl/α,β-unsaturated/α-hetero) is 1. The van der Waals surface area contributed by atoms with Gasteiger partial charge in [0, 0.05) is 40.7 Å². The molecule has 0 radical (unpaired) electrons. The number of hydrogen-bond donors (Lipinski definition) is 0. The fraction of sp³-hybridized carbons (Fsp3) is 0.296. The minimum absolute atomic E-state index is 0.168. The molecule has 0 fully saturated rings. The lowest BCUT2D eigenvalue weighted by Crippen LogP contribution is -2.34. The van der Waals surface area contributed by atoms with Crippen molar-refractivity contribution in [2.75, 3.05) is 34.6 Å². The van der Waals surface area contributed by atoms with Gasteiger partial charge in [-0.25, -0.2) is 0 Å². The van der Waals surface area contributed by atoms with Crippen LogP contribution in [0, 0.1) is 6.92 Å². The van der Waals surface area contributed by atoms with Gasteiger partial charge in [0.2, 0.25) is 5.78 Å². The maximum Gasteiger partial charge on any atom is 0.231 e. The van der Waals surface area contributed by atoms with E-state index in [9.17, 15) is 4.79 Å². The van der Waals surface area contributed by atoms with Crippen molar-refractivity contribution in [3.05, 3.63) is 68.6 Å². The van der Waals surface area contributed by atoms with Crippen LogP contribution in [-0.4, -0.2) is 45.3 Å². The summed E-state index contributed by atoms with van der Waals surface area (Å²) in [5.41, 5.74) is 3.04. The lowest BCUT2D eigenvalue weighted by atomic mass is 10.00. The maximum atomic E-state index is 13.3. The summed E-state index contributed by atoms with van der Waals surface area (Å²) in [6, 6.07) is 9.61. The predicted molar refractivity (Wildman–Crippen MR) is 134 cm³/mol. The minimum Gasteiger partial charge on any atom is -0.496 e. The van der Waals surface area contributed by atoms with E-state index >= 15 is 0 Å². The van der Waals surface area contributed by atoms with E-state index in [1.807, 2.05) is 13.0 Å². The number of methoxy groups -OCH3 is 3. The first-order valence-electron chi connectivity index (χ1n) is 11.3. The standard InChI is InChI=1S/C27H27NO6S/c1-16-26-18(14-28(15-33-26)8-7-19-6-5-9-35-19)10-20-25(29)24(34-27(16)20)12-17-11-22(31-3)23(32-4)13-21(17)30-2/h5-6,9-13H,7-8,14-15H2,1-4H3/b24-12-. The smallest absolute Gasteiger partial charge is 0.231 e. The Labute approximate surface area is 208 Å². The Morgan fingerprint density at radius 3 is 2.54 bits per heavy atom. The molecule has 0 bridgehead atoms. The molecule has 0 N–H and O–H groups in total. The minimum atomic E-state index is -0.168. The van der Waals surface area contributed by atoms with E-state index in [2.05, 4.69) is 22.4 Å². The molecule has 8 heteroatoms. The van der Waals surface area contributed by atoms with Crippen LogP contribution in [-0.2, 0) is 13.0 Å². The van der Waals surface area contributed by atoms with Crippen LogP contribution in [0.3, 0.4) is 0 Å². The highest BCUT2D eigenvalue weighted by Crippen LogP contribution is 2.44. The highest BCUT2D eigenvalue weighted by Gasteiger charge is 2.34. The van der Waals surface area contributed by atoms with Gasteiger partial charge in [-0.05, 0) is 43.0 Å². The normalized spacial score (nSPS) is 15.9. The van der Waals surface area contributed by atoms with E-state index in [0.29, 0.717) is 40.9 Å². The van der Waals surface area contributed by atoms with E-state index in [4.69, 9.17) is 23.7 Å². The van der Waals surface area contributed by atoms with Crippen LogP contribution in [0.5, 0.6) is 28.7 Å². The molecule has 3 aromatic rings. The number of hydrogen-bond acceptors (Lipinski definition) is 8. The molecule has 0 atom stereocenters. The summed E-state index contributed by atoms with van der Waals surface area (Å²) in [6.45, 7) is 4.07. The molecule has 0 amide bonds. The molecule has 35 heavy (non-hydrogen) atoms. The lowest BCUT2D eigenvalue weighted by Gasteiger charge is -2.30. The molecule has 0 saturated carbocycles. The zero-order valence-electron chi connectivity index (χ0n) is 20.2. The second kappa shape index (κ2) is 9.64. The Bertz CT molecular complexity index is 1300. The number of allylic oxidation sites excluding steroid dienone is 1. The topological polar surface area (TPSA) is 66.5 Å². The predicted octanol–water partition coefficient (Wildman–Crippen LogP) is 5.09. The first-order valence-corrected chi connectivity index (χ1v) is 12.2. The van der Waals surface area contributed by atoms with Gasteiger partial charge in [-0.2, -0.15) is 0 Å². The van der Waals surface area contributed by atoms with Crippen molar-refractivity contribution in [2.24, 2.45) is 0 Å². The number of fused-ring (bicyclic) bond motifs is 2. The fourth-order valence-electron chi connectivity index (χ4n) is 4.47. The zero-order chi connectivity index (χ0) is 24.5. The second-order valence-corrected chi connectivity index (χ2v) is 9.44. The molecule has 0 aliphatic carbocycles. The maximum absolute atomic E-state index is 13.3. The second-order valence-electron chi connectivity index (χ2n) is 8.41. The molecule has 0 spiro atoms. The van der Waals surface area contributed by atoms with Gasteiger partial charge in [-0.3, -0.25) is 9.69 Å². The van der Waals surface area contributed by atoms with Crippen molar-refractivity contribution in [3.8, 4) is 28.7 Å². The summed E-state index contributed by atoms with van der Waals surface area (Å²) in [4.78, 5) is 16.9. The van der Waals surface area contributed by atoms with Crippen LogP contribution in [0.4, 0.5) is 0 Å². The van der Waals surface area contributed by atoms with Crippen molar-refractivity contribution in [1.29, 1.82) is 0 Å². The van der Waals surface area contributed by atoms with Gasteiger partial charge in [0.05, 0.1) is 26.9 Å². The number of thiophene rings is 1. The lowest BCUT2D eigenvalue weighted by molar-refractivity contribution is 0.0956.